The molecule has 2 rings (SSSR count). The van der Waals surface area contributed by atoms with E-state index in [9.17, 15) is 14.0 Å². The van der Waals surface area contributed by atoms with E-state index in [0.717, 1.165) is 0 Å². The van der Waals surface area contributed by atoms with Crippen LogP contribution < -0.4 is 15.6 Å². The Morgan fingerprint density at radius 1 is 1.40 bits per heavy atom. The average Bonchev–Trinajstić information content (AvgIpc) is 2.53. The van der Waals surface area contributed by atoms with E-state index in [2.05, 4.69) is 15.3 Å². The van der Waals surface area contributed by atoms with Crippen molar-refractivity contribution in [2.45, 2.75) is 32.7 Å². The van der Waals surface area contributed by atoms with Crippen LogP contribution in [0.1, 0.15) is 36.2 Å². The normalized spacial score (nSPS) is 11.8. The zero-order valence-electron chi connectivity index (χ0n) is 14.2. The van der Waals surface area contributed by atoms with Gasteiger partial charge in [-0.25, -0.2) is 4.39 Å². The van der Waals surface area contributed by atoms with Gasteiger partial charge in [0.2, 0.25) is 5.91 Å². The topological polar surface area (TPSA) is 87.0 Å². The largest absolute Gasteiger partial charge is 0.494 e. The Bertz CT molecular complexity index is 891. The van der Waals surface area contributed by atoms with Crippen LogP contribution in [0.2, 0.25) is 0 Å². The van der Waals surface area contributed by atoms with Crippen molar-refractivity contribution in [3.05, 3.63) is 56.0 Å². The number of aromatic nitrogens is 2. The van der Waals surface area contributed by atoms with Gasteiger partial charge in [-0.2, -0.15) is 0 Å². The van der Waals surface area contributed by atoms with Gasteiger partial charge in [-0.1, -0.05) is 6.07 Å². The maximum Gasteiger partial charge on any atom is 0.255 e. The maximum absolute atomic E-state index is 13.8. The molecule has 0 spiro atoms. The van der Waals surface area contributed by atoms with Crippen molar-refractivity contribution in [1.29, 1.82) is 0 Å². The third-order valence-electron chi connectivity index (χ3n) is 3.91. The number of H-pyrrole nitrogens is 2. The Morgan fingerprint density at radius 2 is 2.12 bits per heavy atom. The van der Waals surface area contributed by atoms with Crippen molar-refractivity contribution in [2.75, 3.05) is 7.11 Å². The Morgan fingerprint density at radius 3 is 2.72 bits per heavy atom. The second-order valence-electron chi connectivity index (χ2n) is 5.69. The zero-order chi connectivity index (χ0) is 18.6. The number of benzene rings is 1. The highest BCUT2D eigenvalue weighted by molar-refractivity contribution is 7.71. The van der Waals surface area contributed by atoms with Crippen LogP contribution in [0.15, 0.2) is 23.0 Å². The van der Waals surface area contributed by atoms with Gasteiger partial charge in [0.15, 0.2) is 16.3 Å². The second kappa shape index (κ2) is 8.06. The van der Waals surface area contributed by atoms with E-state index in [0.29, 0.717) is 16.8 Å². The summed E-state index contributed by atoms with van der Waals surface area (Å²) in [6, 6.07) is 4.17. The number of hydrogen-bond donors (Lipinski definition) is 3. The maximum atomic E-state index is 13.8. The van der Waals surface area contributed by atoms with Crippen molar-refractivity contribution < 1.29 is 13.9 Å². The third-order valence-corrected chi connectivity index (χ3v) is 4.11. The van der Waals surface area contributed by atoms with Crippen molar-refractivity contribution in [1.82, 2.24) is 15.3 Å². The molecular weight excluding hydrogens is 345 g/mol. The summed E-state index contributed by atoms with van der Waals surface area (Å²) in [6.07, 6.45) is 0.417. The highest BCUT2D eigenvalue weighted by Crippen LogP contribution is 2.21. The van der Waals surface area contributed by atoms with Crippen LogP contribution in [0.25, 0.3) is 0 Å². The van der Waals surface area contributed by atoms with E-state index >= 15 is 0 Å². The van der Waals surface area contributed by atoms with Gasteiger partial charge in [0.05, 0.1) is 13.2 Å². The van der Waals surface area contributed by atoms with Gasteiger partial charge in [-0.05, 0) is 50.2 Å². The van der Waals surface area contributed by atoms with Crippen LogP contribution in [-0.2, 0) is 11.2 Å². The number of halogens is 1. The van der Waals surface area contributed by atoms with Gasteiger partial charge in [0, 0.05) is 17.7 Å². The smallest absolute Gasteiger partial charge is 0.255 e. The number of ether oxygens (including phenoxy) is 1. The third kappa shape index (κ3) is 4.76. The molecule has 1 heterocycles. The monoisotopic (exact) mass is 365 g/mol. The van der Waals surface area contributed by atoms with Crippen molar-refractivity contribution >= 4 is 18.1 Å². The van der Waals surface area contributed by atoms with Crippen LogP contribution in [0, 0.1) is 17.5 Å². The summed E-state index contributed by atoms with van der Waals surface area (Å²) < 4.78 is 18.9. The fourth-order valence-corrected chi connectivity index (χ4v) is 2.76. The summed E-state index contributed by atoms with van der Waals surface area (Å²) >= 11 is 4.89. The Kier molecular flexibility index (Phi) is 6.08. The first-order valence-corrected chi connectivity index (χ1v) is 8.17. The molecule has 25 heavy (non-hydrogen) atoms. The SMILES string of the molecule is COc1ccc(C(C)NC(=O)CCc2c(C)[nH]c(=S)[nH]c2=O)cc1F. The molecule has 2 aromatic rings. The quantitative estimate of drug-likeness (QED) is 0.687. The first-order chi connectivity index (χ1) is 11.8. The lowest BCUT2D eigenvalue weighted by Gasteiger charge is -2.15. The molecule has 6 nitrogen and oxygen atoms in total. The summed E-state index contributed by atoms with van der Waals surface area (Å²) in [7, 11) is 1.39. The minimum absolute atomic E-state index is 0.136. The number of carbonyl (C=O) groups excluding carboxylic acids is 1. The van der Waals surface area contributed by atoms with Crippen molar-refractivity contribution in [3.63, 3.8) is 0 Å². The zero-order valence-corrected chi connectivity index (χ0v) is 15.1. The standard InChI is InChI=1S/C17H20FN3O3S/c1-9(11-4-6-14(24-3)13(18)8-11)19-15(22)7-5-12-10(2)20-17(25)21-16(12)23/h4,6,8-9H,5,7H2,1-3H3,(H,19,22)(H2,20,21,23,25). The van der Waals surface area contributed by atoms with Gasteiger partial charge < -0.3 is 15.0 Å². The van der Waals surface area contributed by atoms with E-state index in [1.54, 1.807) is 19.9 Å². The molecule has 3 N–H and O–H groups in total. The van der Waals surface area contributed by atoms with Crippen LogP contribution in [-0.4, -0.2) is 23.0 Å². The fraction of sp³-hybridized carbons (Fsp3) is 0.353. The predicted octanol–water partition coefficient (Wildman–Crippen LogP) is 2.70. The molecule has 8 heteroatoms. The highest BCUT2D eigenvalue weighted by Gasteiger charge is 2.14. The lowest BCUT2D eigenvalue weighted by Crippen LogP contribution is -2.28. The molecule has 0 bridgehead atoms. The Labute approximate surface area is 149 Å². The molecule has 1 aromatic carbocycles. The lowest BCUT2D eigenvalue weighted by atomic mass is 10.1. The number of methoxy groups -OCH3 is 1. The Hall–Kier alpha value is -2.48. The number of carbonyl (C=O) groups is 1. The van der Waals surface area contributed by atoms with E-state index in [4.69, 9.17) is 17.0 Å². The molecule has 1 atom stereocenters. The van der Waals surface area contributed by atoms with Crippen LogP contribution >= 0.6 is 12.2 Å². The van der Waals surface area contributed by atoms with Gasteiger partial charge in [-0.3, -0.25) is 14.6 Å². The summed E-state index contributed by atoms with van der Waals surface area (Å²) in [5, 5.41) is 2.79. The average molecular weight is 365 g/mol. The summed E-state index contributed by atoms with van der Waals surface area (Å²) in [5.74, 6) is -0.564. The summed E-state index contributed by atoms with van der Waals surface area (Å²) in [5.41, 5.74) is 1.47. The molecule has 0 aliphatic heterocycles. The van der Waals surface area contributed by atoms with Crippen LogP contribution in [0.4, 0.5) is 4.39 Å². The van der Waals surface area contributed by atoms with Gasteiger partial charge in [0.25, 0.3) is 5.56 Å². The molecule has 0 aliphatic carbocycles. The van der Waals surface area contributed by atoms with E-state index in [-0.39, 0.29) is 40.9 Å². The van der Waals surface area contributed by atoms with Gasteiger partial charge >= 0.3 is 0 Å². The van der Waals surface area contributed by atoms with Crippen LogP contribution in [0.5, 0.6) is 5.75 Å². The Balaban J connectivity index is 1.99. The molecule has 1 unspecified atom stereocenters. The number of aryl methyl sites for hydroxylation is 1. The molecular formula is C17H20FN3O3S. The first-order valence-electron chi connectivity index (χ1n) is 7.76. The van der Waals surface area contributed by atoms with E-state index in [1.165, 1.54) is 19.2 Å². The van der Waals surface area contributed by atoms with Crippen LogP contribution in [0.3, 0.4) is 0 Å². The van der Waals surface area contributed by atoms with Crippen molar-refractivity contribution in [3.8, 4) is 5.75 Å². The molecule has 0 fully saturated rings. The minimum atomic E-state index is -0.484. The minimum Gasteiger partial charge on any atom is -0.494 e. The molecule has 1 aromatic heterocycles. The number of aromatic amines is 2. The number of nitrogens with one attached hydrogen (secondary N) is 3. The number of rotatable bonds is 6. The van der Waals surface area contributed by atoms with Gasteiger partial charge in [-0.15, -0.1) is 0 Å². The fourth-order valence-electron chi connectivity index (χ4n) is 2.51. The molecule has 134 valence electrons. The van der Waals surface area contributed by atoms with Gasteiger partial charge in [0.1, 0.15) is 0 Å². The first kappa shape index (κ1) is 18.9. The summed E-state index contributed by atoms with van der Waals surface area (Å²) in [6.45, 7) is 3.50. The van der Waals surface area contributed by atoms with E-state index < -0.39 is 5.82 Å². The number of hydrogen-bond acceptors (Lipinski definition) is 4. The molecule has 0 radical (unpaired) electrons. The second-order valence-corrected chi connectivity index (χ2v) is 6.10. The lowest BCUT2D eigenvalue weighted by molar-refractivity contribution is -0.121. The van der Waals surface area contributed by atoms with Crippen molar-refractivity contribution in [2.24, 2.45) is 0 Å². The molecule has 1 amide bonds. The predicted molar refractivity (Wildman–Crippen MR) is 94.8 cm³/mol. The summed E-state index contributed by atoms with van der Waals surface area (Å²) in [4.78, 5) is 29.4. The van der Waals surface area contributed by atoms with E-state index in [1.807, 2.05) is 0 Å². The molecule has 0 saturated carbocycles. The highest BCUT2D eigenvalue weighted by atomic mass is 32.1. The molecule has 0 saturated heterocycles. The molecule has 0 aliphatic rings. The number of amides is 1.